The van der Waals surface area contributed by atoms with Crippen LogP contribution in [-0.4, -0.2) is 54.6 Å². The van der Waals surface area contributed by atoms with Crippen LogP contribution in [-0.2, 0) is 9.59 Å². The van der Waals surface area contributed by atoms with Gasteiger partial charge in [0.2, 0.25) is 0 Å². The minimum Gasteiger partial charge on any atom is -0.292 e. The second-order valence-electron chi connectivity index (χ2n) is 8.16. The van der Waals surface area contributed by atoms with Gasteiger partial charge in [0.25, 0.3) is 23.4 Å². The minimum absolute atomic E-state index is 0.0303. The van der Waals surface area contributed by atoms with Gasteiger partial charge in [-0.1, -0.05) is 68.3 Å². The standard InChI is InChI=1S/C23H19Br2N3O6/c24-18-10-16-17(11-19(18)25)23(32)27(22(16)31)26(12-20(29)13-5-2-1-3-6-13)21(30)14-7-4-8-15(9-14)28(33)34/h1-9,16-19H,10-12H2/t16-,17-,18+,19+/m1/s1. The number of non-ortho nitro benzene ring substituents is 1. The first-order chi connectivity index (χ1) is 16.2. The van der Waals surface area contributed by atoms with Gasteiger partial charge in [0.15, 0.2) is 5.78 Å². The fourth-order valence-electron chi connectivity index (χ4n) is 4.30. The molecular weight excluding hydrogens is 574 g/mol. The van der Waals surface area contributed by atoms with Crippen LogP contribution in [0.3, 0.4) is 0 Å². The summed E-state index contributed by atoms with van der Waals surface area (Å²) in [6.07, 6.45) is 0.792. The summed E-state index contributed by atoms with van der Waals surface area (Å²) in [6, 6.07) is 13.1. The van der Waals surface area contributed by atoms with E-state index in [9.17, 15) is 29.3 Å². The van der Waals surface area contributed by atoms with E-state index in [2.05, 4.69) is 31.9 Å². The molecule has 2 aliphatic rings. The first kappa shape index (κ1) is 24.2. The van der Waals surface area contributed by atoms with E-state index in [0.29, 0.717) is 18.4 Å². The highest BCUT2D eigenvalue weighted by Crippen LogP contribution is 2.43. The lowest BCUT2D eigenvalue weighted by molar-refractivity contribution is -0.384. The largest absolute Gasteiger partial charge is 0.292 e. The number of alkyl halides is 2. The van der Waals surface area contributed by atoms with Crippen molar-refractivity contribution < 1.29 is 24.1 Å². The minimum atomic E-state index is -0.848. The second-order valence-corrected chi connectivity index (χ2v) is 10.5. The van der Waals surface area contributed by atoms with Gasteiger partial charge in [0.1, 0.15) is 6.54 Å². The topological polar surface area (TPSA) is 118 Å². The predicted molar refractivity (Wildman–Crippen MR) is 128 cm³/mol. The number of imide groups is 1. The fourth-order valence-corrected chi connectivity index (χ4v) is 5.54. The molecule has 0 N–H and O–H groups in total. The molecule has 0 bridgehead atoms. The number of carbonyl (C=O) groups excluding carboxylic acids is 4. The molecule has 3 amide bonds. The number of rotatable bonds is 6. The van der Waals surface area contributed by atoms with Gasteiger partial charge in [-0.3, -0.25) is 29.3 Å². The molecule has 1 aliphatic carbocycles. The Hall–Kier alpha value is -2.92. The lowest BCUT2D eigenvalue weighted by Crippen LogP contribution is -2.52. The molecule has 0 radical (unpaired) electrons. The van der Waals surface area contributed by atoms with E-state index in [1.54, 1.807) is 30.3 Å². The maximum Gasteiger partial charge on any atom is 0.273 e. The normalized spacial score (nSPS) is 24.0. The van der Waals surface area contributed by atoms with Crippen molar-refractivity contribution in [2.45, 2.75) is 22.5 Å². The number of Topliss-reactive ketones (excluding diaryl/α,β-unsaturated/α-hetero) is 1. The zero-order chi connectivity index (χ0) is 24.6. The van der Waals surface area contributed by atoms with Gasteiger partial charge >= 0.3 is 0 Å². The van der Waals surface area contributed by atoms with Crippen molar-refractivity contribution in [2.75, 3.05) is 6.54 Å². The van der Waals surface area contributed by atoms with Crippen LogP contribution in [0.1, 0.15) is 33.6 Å². The molecule has 11 heteroatoms. The van der Waals surface area contributed by atoms with Gasteiger partial charge in [-0.05, 0) is 18.9 Å². The predicted octanol–water partition coefficient (Wildman–Crippen LogP) is 3.76. The van der Waals surface area contributed by atoms with Gasteiger partial charge < -0.3 is 0 Å². The number of amides is 3. The first-order valence-electron chi connectivity index (χ1n) is 10.5. The van der Waals surface area contributed by atoms with E-state index in [-0.39, 0.29) is 20.9 Å². The smallest absolute Gasteiger partial charge is 0.273 e. The van der Waals surface area contributed by atoms with E-state index in [4.69, 9.17) is 0 Å². The van der Waals surface area contributed by atoms with Gasteiger partial charge in [0, 0.05) is 32.9 Å². The lowest BCUT2D eigenvalue weighted by atomic mass is 9.81. The van der Waals surface area contributed by atoms with E-state index >= 15 is 0 Å². The third kappa shape index (κ3) is 4.54. The molecule has 1 aliphatic heterocycles. The summed E-state index contributed by atoms with van der Waals surface area (Å²) in [6.45, 7) is -0.571. The zero-order valence-electron chi connectivity index (χ0n) is 17.7. The summed E-state index contributed by atoms with van der Waals surface area (Å²) < 4.78 is 0. The Kier molecular flexibility index (Phi) is 6.94. The Morgan fingerprint density at radius 2 is 1.50 bits per heavy atom. The van der Waals surface area contributed by atoms with E-state index in [1.165, 1.54) is 18.2 Å². The molecule has 4 rings (SSSR count). The monoisotopic (exact) mass is 591 g/mol. The molecule has 176 valence electrons. The number of hydrogen-bond acceptors (Lipinski definition) is 6. The molecule has 0 aromatic heterocycles. The summed E-state index contributed by atoms with van der Waals surface area (Å²) in [5, 5.41) is 12.8. The lowest BCUT2D eigenvalue weighted by Gasteiger charge is -2.30. The van der Waals surface area contributed by atoms with Gasteiger partial charge in [0.05, 0.1) is 16.8 Å². The van der Waals surface area contributed by atoms with Crippen molar-refractivity contribution in [1.29, 1.82) is 0 Å². The molecule has 34 heavy (non-hydrogen) atoms. The van der Waals surface area contributed by atoms with Crippen LogP contribution in [0.5, 0.6) is 0 Å². The van der Waals surface area contributed by atoms with Crippen LogP contribution < -0.4 is 0 Å². The third-order valence-electron chi connectivity index (χ3n) is 6.06. The summed E-state index contributed by atoms with van der Waals surface area (Å²) >= 11 is 7.05. The third-order valence-corrected chi connectivity index (χ3v) is 8.79. The van der Waals surface area contributed by atoms with Gasteiger partial charge in [-0.2, -0.15) is 5.01 Å². The van der Waals surface area contributed by atoms with Crippen molar-refractivity contribution >= 4 is 61.1 Å². The van der Waals surface area contributed by atoms with E-state index in [1.807, 2.05) is 0 Å². The number of nitro groups is 1. The number of carbonyl (C=O) groups is 4. The number of ketones is 1. The molecule has 0 unspecified atom stereocenters. The Balaban J connectivity index is 1.72. The van der Waals surface area contributed by atoms with Crippen molar-refractivity contribution in [3.8, 4) is 0 Å². The maximum atomic E-state index is 13.5. The van der Waals surface area contributed by atoms with Crippen molar-refractivity contribution in [3.05, 3.63) is 75.8 Å². The average molecular weight is 593 g/mol. The number of nitrogens with zero attached hydrogens (tertiary/aromatic N) is 3. The summed E-state index contributed by atoms with van der Waals surface area (Å²) in [5.74, 6) is -3.70. The van der Waals surface area contributed by atoms with E-state index < -0.39 is 46.8 Å². The Bertz CT molecular complexity index is 1150. The molecule has 2 aromatic rings. The number of nitro benzene ring substituents is 1. The van der Waals surface area contributed by atoms with E-state index in [0.717, 1.165) is 16.1 Å². The van der Waals surface area contributed by atoms with Crippen LogP contribution in [0.25, 0.3) is 0 Å². The molecule has 2 aromatic carbocycles. The van der Waals surface area contributed by atoms with Crippen LogP contribution in [0.15, 0.2) is 54.6 Å². The highest BCUT2D eigenvalue weighted by molar-refractivity contribution is 9.12. The van der Waals surface area contributed by atoms with Crippen molar-refractivity contribution in [2.24, 2.45) is 11.8 Å². The molecule has 0 spiro atoms. The number of hydrazine groups is 1. The Morgan fingerprint density at radius 1 is 0.941 bits per heavy atom. The molecule has 1 saturated carbocycles. The highest BCUT2D eigenvalue weighted by atomic mass is 79.9. The Morgan fingerprint density at radius 3 is 2.06 bits per heavy atom. The Labute approximate surface area is 211 Å². The highest BCUT2D eigenvalue weighted by Gasteiger charge is 2.54. The number of benzene rings is 2. The summed E-state index contributed by atoms with van der Waals surface area (Å²) in [5.41, 5.74) is -0.128. The molecule has 1 heterocycles. The summed E-state index contributed by atoms with van der Waals surface area (Å²) in [7, 11) is 0. The van der Waals surface area contributed by atoms with Crippen LogP contribution in [0, 0.1) is 22.0 Å². The van der Waals surface area contributed by atoms with Crippen molar-refractivity contribution in [3.63, 3.8) is 0 Å². The van der Waals surface area contributed by atoms with Crippen LogP contribution in [0.4, 0.5) is 5.69 Å². The zero-order valence-corrected chi connectivity index (χ0v) is 20.8. The fraction of sp³-hybridized carbons (Fsp3) is 0.304. The number of fused-ring (bicyclic) bond motifs is 1. The van der Waals surface area contributed by atoms with Gasteiger partial charge in [-0.15, -0.1) is 0 Å². The quantitative estimate of drug-likeness (QED) is 0.166. The van der Waals surface area contributed by atoms with Crippen LogP contribution >= 0.6 is 31.9 Å². The van der Waals surface area contributed by atoms with Crippen molar-refractivity contribution in [1.82, 2.24) is 10.0 Å². The molecule has 2 fully saturated rings. The average Bonchev–Trinajstić information content (AvgIpc) is 3.07. The summed E-state index contributed by atoms with van der Waals surface area (Å²) in [4.78, 5) is 63.6. The first-order valence-corrected chi connectivity index (χ1v) is 12.3. The SMILES string of the molecule is O=C(CN(C(=O)c1cccc([N+](=O)[O-])c1)N1C(=O)[C@@H]2C[C@H](Br)[C@@H](Br)C[C@H]2C1=O)c1ccccc1. The molecule has 4 atom stereocenters. The molecule has 9 nitrogen and oxygen atoms in total. The molecule has 1 saturated heterocycles. The van der Waals surface area contributed by atoms with Gasteiger partial charge in [-0.25, -0.2) is 5.01 Å². The molecular formula is C23H19Br2N3O6. The van der Waals surface area contributed by atoms with Crippen LogP contribution in [0.2, 0.25) is 0 Å². The maximum absolute atomic E-state index is 13.5. The number of halogens is 2. The number of hydrogen-bond donors (Lipinski definition) is 0. The second kappa shape index (κ2) is 9.75.